The van der Waals surface area contributed by atoms with Crippen molar-refractivity contribution in [3.8, 4) is 0 Å². The Morgan fingerprint density at radius 3 is 2.74 bits per heavy atom. The van der Waals surface area contributed by atoms with Gasteiger partial charge < -0.3 is 0 Å². The zero-order chi connectivity index (χ0) is 14.0. The molecule has 2 unspecified atom stereocenters. The Labute approximate surface area is 120 Å². The highest BCUT2D eigenvalue weighted by molar-refractivity contribution is 9.10. The van der Waals surface area contributed by atoms with Gasteiger partial charge in [0.15, 0.2) is 0 Å². The minimum atomic E-state index is -2.49. The lowest BCUT2D eigenvalue weighted by molar-refractivity contribution is 0.00430. The highest BCUT2D eigenvalue weighted by Gasteiger charge is 2.40. The van der Waals surface area contributed by atoms with Crippen LogP contribution in [0.2, 0.25) is 0 Å². The Morgan fingerprint density at radius 1 is 1.47 bits per heavy atom. The topological polar surface area (TPSA) is 38.0 Å². The lowest BCUT2D eigenvalue weighted by Crippen LogP contribution is -2.29. The Kier molecular flexibility index (Phi) is 4.58. The summed E-state index contributed by atoms with van der Waals surface area (Å²) in [7, 11) is 0. The van der Waals surface area contributed by atoms with E-state index in [1.807, 2.05) is 25.1 Å². The van der Waals surface area contributed by atoms with Crippen LogP contribution in [-0.4, -0.2) is 5.92 Å². The standard InChI is InChI=1S/C14H19BrF2N2/c1-9-4-11(7-12(15)5-9)13(19-18)6-10-2-3-14(16,17)8-10/h4-5,7,10,13,19H,2-3,6,8,18H2,1H3. The van der Waals surface area contributed by atoms with Crippen molar-refractivity contribution >= 4 is 15.9 Å². The molecule has 106 valence electrons. The van der Waals surface area contributed by atoms with E-state index < -0.39 is 5.92 Å². The van der Waals surface area contributed by atoms with Gasteiger partial charge in [-0.3, -0.25) is 11.3 Å². The van der Waals surface area contributed by atoms with E-state index in [-0.39, 0.29) is 24.8 Å². The largest absolute Gasteiger partial charge is 0.271 e. The van der Waals surface area contributed by atoms with E-state index in [1.165, 1.54) is 0 Å². The zero-order valence-electron chi connectivity index (χ0n) is 10.9. The molecule has 0 aromatic heterocycles. The SMILES string of the molecule is Cc1cc(Br)cc(C(CC2CCC(F)(F)C2)NN)c1. The number of benzene rings is 1. The van der Waals surface area contributed by atoms with Crippen LogP contribution in [0.4, 0.5) is 8.78 Å². The minimum Gasteiger partial charge on any atom is -0.271 e. The number of halogens is 3. The molecule has 1 saturated carbocycles. The molecule has 5 heteroatoms. The molecule has 2 rings (SSSR count). The second kappa shape index (κ2) is 5.85. The Hall–Kier alpha value is -0.520. The maximum absolute atomic E-state index is 13.2. The average Bonchev–Trinajstić information content (AvgIpc) is 2.64. The van der Waals surface area contributed by atoms with Gasteiger partial charge in [0.25, 0.3) is 0 Å². The maximum atomic E-state index is 13.2. The van der Waals surface area contributed by atoms with Crippen molar-refractivity contribution in [1.82, 2.24) is 5.43 Å². The van der Waals surface area contributed by atoms with Crippen LogP contribution in [0.3, 0.4) is 0 Å². The first-order valence-corrected chi connectivity index (χ1v) is 7.30. The fourth-order valence-corrected chi connectivity index (χ4v) is 3.47. The number of aryl methyl sites for hydroxylation is 1. The molecule has 2 nitrogen and oxygen atoms in total. The van der Waals surface area contributed by atoms with Gasteiger partial charge in [0.05, 0.1) is 0 Å². The lowest BCUT2D eigenvalue weighted by atomic mass is 9.93. The van der Waals surface area contributed by atoms with Crippen molar-refractivity contribution in [1.29, 1.82) is 0 Å². The summed E-state index contributed by atoms with van der Waals surface area (Å²) >= 11 is 3.45. The van der Waals surface area contributed by atoms with Crippen molar-refractivity contribution in [3.05, 3.63) is 33.8 Å². The van der Waals surface area contributed by atoms with Crippen LogP contribution < -0.4 is 11.3 Å². The minimum absolute atomic E-state index is 0.00642. The molecule has 0 aliphatic heterocycles. The number of hydrogen-bond donors (Lipinski definition) is 2. The van der Waals surface area contributed by atoms with Gasteiger partial charge in [-0.1, -0.05) is 22.0 Å². The Balaban J connectivity index is 2.08. The van der Waals surface area contributed by atoms with Gasteiger partial charge in [0.1, 0.15) is 0 Å². The summed E-state index contributed by atoms with van der Waals surface area (Å²) < 4.78 is 27.4. The molecule has 0 saturated heterocycles. The van der Waals surface area contributed by atoms with Crippen molar-refractivity contribution in [2.45, 2.75) is 44.6 Å². The summed E-state index contributed by atoms with van der Waals surface area (Å²) in [4.78, 5) is 0. The lowest BCUT2D eigenvalue weighted by Gasteiger charge is -2.21. The third kappa shape index (κ3) is 3.97. The summed E-state index contributed by atoms with van der Waals surface area (Å²) in [6.45, 7) is 2.01. The Bertz CT molecular complexity index is 431. The van der Waals surface area contributed by atoms with Crippen LogP contribution in [0.5, 0.6) is 0 Å². The van der Waals surface area contributed by atoms with E-state index in [4.69, 9.17) is 5.84 Å². The third-order valence-corrected chi connectivity index (χ3v) is 4.20. The van der Waals surface area contributed by atoms with Crippen LogP contribution in [0, 0.1) is 12.8 Å². The first-order chi connectivity index (χ1) is 8.89. The molecular formula is C14H19BrF2N2. The number of hydrazine groups is 1. The monoisotopic (exact) mass is 332 g/mol. The van der Waals surface area contributed by atoms with Crippen LogP contribution in [0.1, 0.15) is 42.9 Å². The van der Waals surface area contributed by atoms with Crippen LogP contribution in [0.15, 0.2) is 22.7 Å². The van der Waals surface area contributed by atoms with Gasteiger partial charge in [-0.25, -0.2) is 8.78 Å². The van der Waals surface area contributed by atoms with Gasteiger partial charge in [0.2, 0.25) is 5.92 Å². The first-order valence-electron chi connectivity index (χ1n) is 6.51. The average molecular weight is 333 g/mol. The Morgan fingerprint density at radius 2 is 2.21 bits per heavy atom. The van der Waals surface area contributed by atoms with Gasteiger partial charge in [-0.05, 0) is 48.9 Å². The predicted octanol–water partition coefficient (Wildman–Crippen LogP) is 4.09. The number of hydrogen-bond acceptors (Lipinski definition) is 2. The molecule has 1 aliphatic carbocycles. The summed E-state index contributed by atoms with van der Waals surface area (Å²) in [5, 5.41) is 0. The van der Waals surface area contributed by atoms with Crippen LogP contribution >= 0.6 is 15.9 Å². The molecule has 1 aromatic rings. The third-order valence-electron chi connectivity index (χ3n) is 3.74. The van der Waals surface area contributed by atoms with E-state index in [0.717, 1.165) is 15.6 Å². The number of nitrogens with one attached hydrogen (secondary N) is 1. The molecule has 1 fully saturated rings. The summed E-state index contributed by atoms with van der Waals surface area (Å²) in [6, 6.07) is 5.98. The number of alkyl halides is 2. The molecule has 3 N–H and O–H groups in total. The maximum Gasteiger partial charge on any atom is 0.248 e. The summed E-state index contributed by atoms with van der Waals surface area (Å²) in [6.07, 6.45) is 1.23. The van der Waals surface area contributed by atoms with Crippen molar-refractivity contribution in [3.63, 3.8) is 0 Å². The van der Waals surface area contributed by atoms with Gasteiger partial charge in [-0.2, -0.15) is 0 Å². The van der Waals surface area contributed by atoms with Crippen molar-refractivity contribution in [2.75, 3.05) is 0 Å². The number of nitrogens with two attached hydrogens (primary N) is 1. The highest BCUT2D eigenvalue weighted by atomic mass is 79.9. The molecule has 0 radical (unpaired) electrons. The van der Waals surface area contributed by atoms with Crippen LogP contribution in [0.25, 0.3) is 0 Å². The van der Waals surface area contributed by atoms with Gasteiger partial charge in [0, 0.05) is 23.4 Å². The zero-order valence-corrected chi connectivity index (χ0v) is 12.5. The van der Waals surface area contributed by atoms with E-state index in [1.54, 1.807) is 0 Å². The normalized spacial score (nSPS) is 23.5. The molecule has 0 amide bonds. The van der Waals surface area contributed by atoms with Crippen LogP contribution in [-0.2, 0) is 0 Å². The van der Waals surface area contributed by atoms with Crippen molar-refractivity contribution < 1.29 is 8.78 Å². The molecule has 1 aliphatic rings. The highest BCUT2D eigenvalue weighted by Crippen LogP contribution is 2.42. The molecule has 0 heterocycles. The van der Waals surface area contributed by atoms with Gasteiger partial charge in [-0.15, -0.1) is 0 Å². The van der Waals surface area contributed by atoms with E-state index in [0.29, 0.717) is 12.8 Å². The fourth-order valence-electron chi connectivity index (χ4n) is 2.84. The second-order valence-electron chi connectivity index (χ2n) is 5.48. The first kappa shape index (κ1) is 14.9. The van der Waals surface area contributed by atoms with E-state index >= 15 is 0 Å². The quantitative estimate of drug-likeness (QED) is 0.643. The number of rotatable bonds is 4. The molecular weight excluding hydrogens is 314 g/mol. The smallest absolute Gasteiger partial charge is 0.248 e. The summed E-state index contributed by atoms with van der Waals surface area (Å²) in [5.41, 5.74) is 4.93. The van der Waals surface area contributed by atoms with E-state index in [9.17, 15) is 8.78 Å². The predicted molar refractivity (Wildman–Crippen MR) is 75.8 cm³/mol. The molecule has 19 heavy (non-hydrogen) atoms. The van der Waals surface area contributed by atoms with E-state index in [2.05, 4.69) is 21.4 Å². The molecule has 0 spiro atoms. The second-order valence-corrected chi connectivity index (χ2v) is 6.40. The molecule has 0 bridgehead atoms. The van der Waals surface area contributed by atoms with Crippen molar-refractivity contribution in [2.24, 2.45) is 11.8 Å². The van der Waals surface area contributed by atoms with Gasteiger partial charge >= 0.3 is 0 Å². The molecule has 2 atom stereocenters. The molecule has 1 aromatic carbocycles. The fraction of sp³-hybridized carbons (Fsp3) is 0.571. The summed E-state index contributed by atoms with van der Waals surface area (Å²) in [5.74, 6) is 3.15.